The summed E-state index contributed by atoms with van der Waals surface area (Å²) in [5.74, 6) is 0. The molecule has 0 unspecified atom stereocenters. The summed E-state index contributed by atoms with van der Waals surface area (Å²) in [6.07, 6.45) is 9.04. The first-order valence-corrected chi connectivity index (χ1v) is 51.4. The normalized spacial score (nSPS) is 12.0. The van der Waals surface area contributed by atoms with Crippen molar-refractivity contribution in [3.8, 4) is 67.5 Å². The molecule has 9 nitrogen and oxygen atoms in total. The van der Waals surface area contributed by atoms with Crippen LogP contribution >= 0.6 is 0 Å². The van der Waals surface area contributed by atoms with Crippen molar-refractivity contribution in [2.45, 2.75) is 0 Å². The second kappa shape index (κ2) is 33.7. The van der Waals surface area contributed by atoms with Gasteiger partial charge in [0.05, 0.1) is 84.3 Å². The number of fused-ring (bicyclic) bond motifs is 36. The van der Waals surface area contributed by atoms with Crippen molar-refractivity contribution >= 4 is 228 Å². The van der Waals surface area contributed by atoms with Gasteiger partial charge in [0.25, 0.3) is 0 Å². The third-order valence-electron chi connectivity index (χ3n) is 31.7. The van der Waals surface area contributed by atoms with Crippen LogP contribution < -0.4 is 0 Å². The molecule has 33 rings (SSSR count). The molecule has 150 heavy (non-hydrogen) atoms. The summed E-state index contributed by atoms with van der Waals surface area (Å²) in [5, 5.41) is 38.1. The Balaban J connectivity index is 0.000000101. The molecule has 0 N–H and O–H groups in total. The van der Waals surface area contributed by atoms with E-state index in [-0.39, 0.29) is 0 Å². The highest BCUT2D eigenvalue weighted by atomic mass is 15.0. The van der Waals surface area contributed by atoms with E-state index in [0.717, 1.165) is 28.1 Å². The third-order valence-corrected chi connectivity index (χ3v) is 31.7. The largest absolute Gasteiger partial charge is 0.309 e. The SMILES string of the molecule is c1ccc(-n2c3ccccc3c3cc(-c4ccc5c(c4)c4ccccc4n5-c4ccc5c6ccccc6c6ccccc6c5c4)ccc32)cc1.c1ccc2c(c1)c1ccccc1c1cc(-n3c4ccccc4c4cc(-c5ccc6c(c5)c5ccccc5n6-c5ccncc5)ccc43)ccc21.c1ccc2c(c1)c1ccccc1c1cc(-n3c4ccccc4c4cc(-c5ccc6c(c5)c5ccccc5n6-c5cncnc5)ccc43)ccc21. The van der Waals surface area contributed by atoms with Crippen LogP contribution in [0.25, 0.3) is 295 Å². The van der Waals surface area contributed by atoms with Gasteiger partial charge in [-0.15, -0.1) is 0 Å². The van der Waals surface area contributed by atoms with Crippen molar-refractivity contribution in [3.63, 3.8) is 0 Å². The first-order chi connectivity index (χ1) is 74.4. The predicted octanol–water partition coefficient (Wildman–Crippen LogP) is 37.2. The molecule has 0 spiro atoms. The van der Waals surface area contributed by atoms with Crippen molar-refractivity contribution in [1.29, 1.82) is 0 Å². The Morgan fingerprint density at radius 2 is 0.287 bits per heavy atom. The van der Waals surface area contributed by atoms with Crippen LogP contribution in [0.2, 0.25) is 0 Å². The number of rotatable bonds is 9. The number of aromatic nitrogens is 9. The maximum Gasteiger partial charge on any atom is 0.115 e. The number of hydrogen-bond acceptors (Lipinski definition) is 3. The zero-order chi connectivity index (χ0) is 98.3. The highest BCUT2D eigenvalue weighted by Crippen LogP contribution is 2.48. The lowest BCUT2D eigenvalue weighted by Crippen LogP contribution is -1.95. The van der Waals surface area contributed by atoms with Gasteiger partial charge in [-0.25, -0.2) is 9.97 Å². The fraction of sp³-hybridized carbons (Fsp3) is 0. The van der Waals surface area contributed by atoms with Crippen molar-refractivity contribution in [2.75, 3.05) is 0 Å². The number of para-hydroxylation sites is 7. The summed E-state index contributed by atoms with van der Waals surface area (Å²) in [4.78, 5) is 12.9. The van der Waals surface area contributed by atoms with E-state index in [1.165, 1.54) is 267 Å². The molecule has 0 aliphatic heterocycles. The van der Waals surface area contributed by atoms with Gasteiger partial charge < -0.3 is 27.4 Å². The predicted molar refractivity (Wildman–Crippen MR) is 633 cm³/mol. The summed E-state index contributed by atoms with van der Waals surface area (Å²) in [6, 6.07) is 182. The quantitative estimate of drug-likeness (QED) is 0.135. The number of benzene rings is 25. The van der Waals surface area contributed by atoms with Crippen LogP contribution in [0.1, 0.15) is 0 Å². The number of hydrogen-bond donors (Lipinski definition) is 0. The molecule has 25 aromatic carbocycles. The molecule has 0 fully saturated rings. The molecule has 33 aromatic rings. The van der Waals surface area contributed by atoms with Crippen LogP contribution in [0.3, 0.4) is 0 Å². The van der Waals surface area contributed by atoms with Gasteiger partial charge in [0.1, 0.15) is 6.33 Å². The average molecular weight is 1910 g/mol. The Morgan fingerprint density at radius 3 is 0.527 bits per heavy atom. The standard InChI is InChI=1S/C48H30N2.C47H29N3.C46H28N4/c1-2-12-33(13-3-1)49-45-20-10-8-18-40(45)43-28-31(22-26-47(43)49)32-23-27-48-44(29-32)41-19-9-11-21-46(41)50(48)34-24-25-39-37-16-5-4-14-35(37)36-15-6-7-17-38(36)42(39)30-34;1-2-11-36-34(9-1)35-10-3-4-12-37(35)41-29-33(19-20-38(36)41)50-45-16-8-6-14-40(45)43-28-31(18-22-47(43)50)30-17-21-46-42(27-30)39-13-5-7-15-44(39)49(46)32-23-25-48-26-24-32;1-2-11-35-33(9-1)34-10-3-4-12-36(34)40-25-31(19-20-37(35)40)49-43-15-7-5-13-38(43)41-23-29(17-21-45(41)49)30-18-22-46-42(24-30)39-14-6-8-16-44(39)50(46)32-26-47-28-48-27-32/h1-30H;1-29H;1-28H. The second-order valence-corrected chi connectivity index (χ2v) is 39.6. The Morgan fingerprint density at radius 1 is 0.107 bits per heavy atom. The van der Waals surface area contributed by atoms with Crippen LogP contribution in [0.5, 0.6) is 0 Å². The van der Waals surface area contributed by atoms with E-state index in [4.69, 9.17) is 0 Å². The van der Waals surface area contributed by atoms with Crippen molar-refractivity contribution < 1.29 is 0 Å². The molecule has 0 aliphatic carbocycles. The molecule has 0 saturated heterocycles. The minimum absolute atomic E-state index is 0.954. The molecule has 0 atom stereocenters. The summed E-state index contributed by atoms with van der Waals surface area (Å²) in [5.41, 5.74) is 28.3. The maximum absolute atomic E-state index is 4.30. The minimum atomic E-state index is 0.954. The third kappa shape index (κ3) is 13.1. The first kappa shape index (κ1) is 84.4. The number of nitrogens with zero attached hydrogens (tertiary/aromatic N) is 9. The molecular weight excluding hydrogens is 1820 g/mol. The lowest BCUT2D eigenvalue weighted by Gasteiger charge is -2.14. The molecule has 0 aliphatic rings. The van der Waals surface area contributed by atoms with Crippen LogP contribution in [0.4, 0.5) is 0 Å². The van der Waals surface area contributed by atoms with E-state index >= 15 is 0 Å². The smallest absolute Gasteiger partial charge is 0.115 e. The van der Waals surface area contributed by atoms with Crippen molar-refractivity contribution in [1.82, 2.24) is 42.4 Å². The lowest BCUT2D eigenvalue weighted by atomic mass is 9.94. The van der Waals surface area contributed by atoms with Crippen LogP contribution in [-0.2, 0) is 0 Å². The second-order valence-electron chi connectivity index (χ2n) is 39.6. The molecule has 8 heterocycles. The topological polar surface area (TPSA) is 68.2 Å². The van der Waals surface area contributed by atoms with Gasteiger partial charge in [0.15, 0.2) is 0 Å². The van der Waals surface area contributed by atoms with Crippen LogP contribution in [0.15, 0.2) is 529 Å². The molecule has 0 radical (unpaired) electrons. The fourth-order valence-electron chi connectivity index (χ4n) is 25.2. The van der Waals surface area contributed by atoms with Gasteiger partial charge in [-0.05, 0) is 300 Å². The van der Waals surface area contributed by atoms with Crippen molar-refractivity contribution in [3.05, 3.63) is 529 Å². The van der Waals surface area contributed by atoms with Gasteiger partial charge >= 0.3 is 0 Å². The van der Waals surface area contributed by atoms with E-state index in [2.05, 4.69) is 540 Å². The van der Waals surface area contributed by atoms with Crippen molar-refractivity contribution in [2.24, 2.45) is 0 Å². The van der Waals surface area contributed by atoms with E-state index in [1.54, 1.807) is 6.33 Å². The Bertz CT molecular complexity index is 10400. The van der Waals surface area contributed by atoms with E-state index in [0.29, 0.717) is 0 Å². The summed E-state index contributed by atoms with van der Waals surface area (Å²) >= 11 is 0. The molecule has 0 saturated carbocycles. The minimum Gasteiger partial charge on any atom is -0.309 e. The zero-order valence-electron chi connectivity index (χ0n) is 81.3. The summed E-state index contributed by atoms with van der Waals surface area (Å²) in [6.45, 7) is 0. The van der Waals surface area contributed by atoms with E-state index in [9.17, 15) is 0 Å². The highest BCUT2D eigenvalue weighted by Gasteiger charge is 2.25. The van der Waals surface area contributed by atoms with Crippen LogP contribution in [-0.4, -0.2) is 42.4 Å². The van der Waals surface area contributed by atoms with Crippen LogP contribution in [0, 0.1) is 0 Å². The van der Waals surface area contributed by atoms with E-state index < -0.39 is 0 Å². The fourth-order valence-corrected chi connectivity index (χ4v) is 25.2. The lowest BCUT2D eigenvalue weighted by molar-refractivity contribution is 1.07. The average Bonchev–Trinajstić information content (AvgIpc) is 1.39. The Kier molecular flexibility index (Phi) is 19.0. The molecule has 8 aromatic heterocycles. The summed E-state index contributed by atoms with van der Waals surface area (Å²) < 4.78 is 14.3. The van der Waals surface area contributed by atoms with Gasteiger partial charge in [-0.2, -0.15) is 0 Å². The Labute approximate surface area is 860 Å². The molecule has 696 valence electrons. The van der Waals surface area contributed by atoms with Gasteiger partial charge in [-0.3, -0.25) is 4.98 Å². The monoisotopic (exact) mass is 1910 g/mol. The molecular formula is C141H87N9. The molecule has 9 heteroatoms. The number of pyridine rings is 1. The van der Waals surface area contributed by atoms with Gasteiger partial charge in [0.2, 0.25) is 0 Å². The Hall–Kier alpha value is -20.1. The molecule has 0 bridgehead atoms. The first-order valence-electron chi connectivity index (χ1n) is 51.4. The maximum atomic E-state index is 4.30. The highest BCUT2D eigenvalue weighted by molar-refractivity contribution is 6.30. The summed E-state index contributed by atoms with van der Waals surface area (Å²) in [7, 11) is 0. The van der Waals surface area contributed by atoms with Gasteiger partial charge in [0, 0.05) is 105 Å². The van der Waals surface area contributed by atoms with Gasteiger partial charge in [-0.1, -0.05) is 328 Å². The zero-order valence-corrected chi connectivity index (χ0v) is 81.3. The van der Waals surface area contributed by atoms with E-state index in [1.807, 2.05) is 24.8 Å². The molecule has 0 amide bonds.